The minimum Gasteiger partial charge on any atom is -0.324 e. The second kappa shape index (κ2) is 5.62. The monoisotopic (exact) mass is 265 g/mol. The molecule has 0 spiro atoms. The fourth-order valence-electron chi connectivity index (χ4n) is 1.40. The van der Waals surface area contributed by atoms with Gasteiger partial charge in [-0.1, -0.05) is 37.3 Å². The van der Waals surface area contributed by atoms with Crippen LogP contribution in [0.2, 0.25) is 0 Å². The molecule has 1 aromatic carbocycles. The van der Waals surface area contributed by atoms with Gasteiger partial charge in [-0.2, -0.15) is 0 Å². The Labute approximate surface area is 109 Å². The van der Waals surface area contributed by atoms with Crippen LogP contribution in [-0.2, 0) is 6.54 Å². The zero-order valence-corrected chi connectivity index (χ0v) is 11.5. The van der Waals surface area contributed by atoms with Gasteiger partial charge in [0.1, 0.15) is 10.0 Å². The largest absolute Gasteiger partial charge is 0.324 e. The van der Waals surface area contributed by atoms with Gasteiger partial charge in [-0.3, -0.25) is 0 Å². The molecule has 0 saturated heterocycles. The second-order valence-corrected chi connectivity index (χ2v) is 6.61. The number of thioether (sulfide) groups is 1. The van der Waals surface area contributed by atoms with E-state index in [0.29, 0.717) is 11.8 Å². The first-order valence-corrected chi connectivity index (χ1v) is 7.18. The molecule has 2 rings (SSSR count). The lowest BCUT2D eigenvalue weighted by molar-refractivity contribution is 0.960. The van der Waals surface area contributed by atoms with Crippen LogP contribution in [0.3, 0.4) is 0 Å². The summed E-state index contributed by atoms with van der Waals surface area (Å²) in [4.78, 5) is 1.28. The predicted molar refractivity (Wildman–Crippen MR) is 74.2 cm³/mol. The Morgan fingerprint density at radius 3 is 2.47 bits per heavy atom. The van der Waals surface area contributed by atoms with Crippen LogP contribution in [0.4, 0.5) is 0 Å². The smallest absolute Gasteiger partial charge is 0.147 e. The van der Waals surface area contributed by atoms with Gasteiger partial charge in [-0.05, 0) is 12.1 Å². The summed E-state index contributed by atoms with van der Waals surface area (Å²) in [6.07, 6.45) is 0. The van der Waals surface area contributed by atoms with Crippen molar-refractivity contribution in [1.82, 2.24) is 10.2 Å². The topological polar surface area (TPSA) is 51.8 Å². The maximum absolute atomic E-state index is 5.52. The summed E-state index contributed by atoms with van der Waals surface area (Å²) in [6.45, 7) is 4.84. The SMILES string of the molecule is CC(C)Sc1ccc(-c2nnc(CN)s2)cc1. The molecule has 0 saturated carbocycles. The lowest BCUT2D eigenvalue weighted by Gasteiger charge is -2.04. The van der Waals surface area contributed by atoms with Crippen LogP contribution in [-0.4, -0.2) is 15.4 Å². The van der Waals surface area contributed by atoms with E-state index < -0.39 is 0 Å². The van der Waals surface area contributed by atoms with Gasteiger partial charge < -0.3 is 5.73 Å². The maximum atomic E-state index is 5.52. The second-order valence-electron chi connectivity index (χ2n) is 3.90. The molecular formula is C12H15N3S2. The zero-order chi connectivity index (χ0) is 12.3. The molecule has 0 aliphatic carbocycles. The van der Waals surface area contributed by atoms with E-state index in [4.69, 9.17) is 5.73 Å². The number of nitrogens with zero attached hydrogens (tertiary/aromatic N) is 2. The normalized spacial score (nSPS) is 11.1. The lowest BCUT2D eigenvalue weighted by Crippen LogP contribution is -1.94. The van der Waals surface area contributed by atoms with Gasteiger partial charge in [0.2, 0.25) is 0 Å². The summed E-state index contributed by atoms with van der Waals surface area (Å²) in [5.41, 5.74) is 6.63. The number of aromatic nitrogens is 2. The van der Waals surface area contributed by atoms with Gasteiger partial charge in [0.15, 0.2) is 0 Å². The van der Waals surface area contributed by atoms with Crippen molar-refractivity contribution in [1.29, 1.82) is 0 Å². The molecule has 17 heavy (non-hydrogen) atoms. The van der Waals surface area contributed by atoms with E-state index in [-0.39, 0.29) is 0 Å². The van der Waals surface area contributed by atoms with E-state index in [9.17, 15) is 0 Å². The highest BCUT2D eigenvalue weighted by molar-refractivity contribution is 7.99. The molecule has 0 radical (unpaired) electrons. The van der Waals surface area contributed by atoms with Crippen molar-refractivity contribution in [3.05, 3.63) is 29.3 Å². The molecule has 0 fully saturated rings. The number of rotatable bonds is 4. The fourth-order valence-corrected chi connectivity index (χ4v) is 2.96. The molecule has 0 aliphatic heterocycles. The van der Waals surface area contributed by atoms with Crippen molar-refractivity contribution in [3.8, 4) is 10.6 Å². The third kappa shape index (κ3) is 3.28. The van der Waals surface area contributed by atoms with Gasteiger partial charge in [-0.15, -0.1) is 22.0 Å². The number of hydrogen-bond donors (Lipinski definition) is 1. The predicted octanol–water partition coefficient (Wildman–Crippen LogP) is 3.16. The van der Waals surface area contributed by atoms with Crippen LogP contribution in [0.15, 0.2) is 29.2 Å². The molecule has 2 aromatic rings. The van der Waals surface area contributed by atoms with Crippen LogP contribution < -0.4 is 5.73 Å². The first-order chi connectivity index (χ1) is 8.19. The third-order valence-corrected chi connectivity index (χ3v) is 4.12. The Morgan fingerprint density at radius 2 is 1.94 bits per heavy atom. The van der Waals surface area contributed by atoms with Crippen LogP contribution >= 0.6 is 23.1 Å². The minimum atomic E-state index is 0.457. The Balaban J connectivity index is 2.17. The number of benzene rings is 1. The summed E-state index contributed by atoms with van der Waals surface area (Å²) in [5, 5.41) is 10.6. The van der Waals surface area contributed by atoms with E-state index in [1.165, 1.54) is 4.90 Å². The summed E-state index contributed by atoms with van der Waals surface area (Å²) in [5.74, 6) is 0. The molecular weight excluding hydrogens is 250 g/mol. The molecule has 0 unspecified atom stereocenters. The molecule has 0 atom stereocenters. The van der Waals surface area contributed by atoms with Crippen LogP contribution in [0.25, 0.3) is 10.6 Å². The summed E-state index contributed by atoms with van der Waals surface area (Å²) in [6, 6.07) is 8.43. The first-order valence-electron chi connectivity index (χ1n) is 5.48. The average Bonchev–Trinajstić information content (AvgIpc) is 2.78. The maximum Gasteiger partial charge on any atom is 0.147 e. The fraction of sp³-hybridized carbons (Fsp3) is 0.333. The molecule has 0 aliphatic rings. The summed E-state index contributed by atoms with van der Waals surface area (Å²) in [7, 11) is 0. The van der Waals surface area contributed by atoms with Gasteiger partial charge >= 0.3 is 0 Å². The van der Waals surface area contributed by atoms with Crippen molar-refractivity contribution >= 4 is 23.1 Å². The van der Waals surface area contributed by atoms with Crippen LogP contribution in [0, 0.1) is 0 Å². The standard InChI is InChI=1S/C12H15N3S2/c1-8(2)16-10-5-3-9(4-6-10)12-15-14-11(7-13)17-12/h3-6,8H,7,13H2,1-2H3. The van der Waals surface area contributed by atoms with E-state index in [0.717, 1.165) is 15.6 Å². The van der Waals surface area contributed by atoms with Crippen molar-refractivity contribution in [2.75, 3.05) is 0 Å². The number of nitrogens with two attached hydrogens (primary N) is 1. The number of hydrogen-bond acceptors (Lipinski definition) is 5. The highest BCUT2D eigenvalue weighted by atomic mass is 32.2. The quantitative estimate of drug-likeness (QED) is 0.863. The minimum absolute atomic E-state index is 0.457. The van der Waals surface area contributed by atoms with Crippen molar-refractivity contribution < 1.29 is 0 Å². The molecule has 90 valence electrons. The van der Waals surface area contributed by atoms with E-state index in [1.54, 1.807) is 11.3 Å². The van der Waals surface area contributed by atoms with Gasteiger partial charge in [0.25, 0.3) is 0 Å². The first kappa shape index (κ1) is 12.5. The highest BCUT2D eigenvalue weighted by Gasteiger charge is 2.06. The highest BCUT2D eigenvalue weighted by Crippen LogP contribution is 2.28. The summed E-state index contributed by atoms with van der Waals surface area (Å²) < 4.78 is 0. The van der Waals surface area contributed by atoms with E-state index >= 15 is 0 Å². The van der Waals surface area contributed by atoms with Gasteiger partial charge in [0, 0.05) is 22.3 Å². The van der Waals surface area contributed by atoms with Crippen molar-refractivity contribution in [2.45, 2.75) is 30.5 Å². The Kier molecular flexibility index (Phi) is 4.15. The van der Waals surface area contributed by atoms with Crippen molar-refractivity contribution in [3.63, 3.8) is 0 Å². The summed E-state index contributed by atoms with van der Waals surface area (Å²) >= 11 is 3.41. The Bertz CT molecular complexity index is 477. The molecule has 2 N–H and O–H groups in total. The molecule has 5 heteroatoms. The Morgan fingerprint density at radius 1 is 1.24 bits per heavy atom. The van der Waals surface area contributed by atoms with Gasteiger partial charge in [-0.25, -0.2) is 0 Å². The molecule has 1 aromatic heterocycles. The molecule has 0 amide bonds. The van der Waals surface area contributed by atoms with E-state index in [2.05, 4.69) is 48.3 Å². The van der Waals surface area contributed by atoms with Crippen LogP contribution in [0.1, 0.15) is 18.9 Å². The molecule has 1 heterocycles. The van der Waals surface area contributed by atoms with E-state index in [1.807, 2.05) is 11.8 Å². The zero-order valence-electron chi connectivity index (χ0n) is 9.88. The Hall–Kier alpha value is -0.910. The van der Waals surface area contributed by atoms with Crippen molar-refractivity contribution in [2.24, 2.45) is 5.73 Å². The molecule has 0 bridgehead atoms. The van der Waals surface area contributed by atoms with Crippen LogP contribution in [0.5, 0.6) is 0 Å². The average molecular weight is 265 g/mol. The van der Waals surface area contributed by atoms with Gasteiger partial charge in [0.05, 0.1) is 0 Å². The molecule has 3 nitrogen and oxygen atoms in total. The third-order valence-electron chi connectivity index (χ3n) is 2.11. The lowest BCUT2D eigenvalue weighted by atomic mass is 10.2.